The molecule has 0 amide bonds. The highest BCUT2D eigenvalue weighted by molar-refractivity contribution is 5.32. The summed E-state index contributed by atoms with van der Waals surface area (Å²) >= 11 is 0. The van der Waals surface area contributed by atoms with Gasteiger partial charge in [-0.15, -0.1) is 5.10 Å². The third-order valence-electron chi connectivity index (χ3n) is 3.14. The molecule has 1 unspecified atom stereocenters. The van der Waals surface area contributed by atoms with Crippen molar-refractivity contribution in [2.75, 3.05) is 7.05 Å². The van der Waals surface area contributed by atoms with E-state index in [4.69, 9.17) is 0 Å². The molecule has 0 radical (unpaired) electrons. The van der Waals surface area contributed by atoms with E-state index in [2.05, 4.69) is 38.0 Å². The largest absolute Gasteiger partial charge is 0.313 e. The number of fused-ring (bicyclic) bond motifs is 1. The number of likely N-dealkylation sites (N-methyl/N-ethyl adjacent to an activating group) is 1. The van der Waals surface area contributed by atoms with Gasteiger partial charge in [0.05, 0.1) is 11.9 Å². The predicted octanol–water partition coefficient (Wildman–Crippen LogP) is 1.02. The maximum Gasteiger partial charge on any atom is 0.197 e. The van der Waals surface area contributed by atoms with Gasteiger partial charge in [-0.2, -0.15) is 4.52 Å². The van der Waals surface area contributed by atoms with Gasteiger partial charge in [-0.3, -0.25) is 4.98 Å². The van der Waals surface area contributed by atoms with Crippen LogP contribution in [0, 0.1) is 0 Å². The Bertz CT molecular complexity index is 663. The molecule has 19 heavy (non-hydrogen) atoms. The summed E-state index contributed by atoms with van der Waals surface area (Å²) in [6, 6.07) is 10.5. The van der Waals surface area contributed by atoms with Crippen LogP contribution in [-0.2, 0) is 6.42 Å². The van der Waals surface area contributed by atoms with Crippen molar-refractivity contribution in [3.8, 4) is 0 Å². The number of tetrazole rings is 1. The molecule has 1 atom stereocenters. The second kappa shape index (κ2) is 5.11. The van der Waals surface area contributed by atoms with Crippen molar-refractivity contribution >= 4 is 5.65 Å². The molecule has 2 heterocycles. The van der Waals surface area contributed by atoms with E-state index in [1.165, 1.54) is 5.56 Å². The monoisotopic (exact) mass is 254 g/mol. The van der Waals surface area contributed by atoms with Gasteiger partial charge in [-0.25, -0.2) is 0 Å². The fraction of sp³-hybridized carbons (Fsp3) is 0.231. The normalized spacial score (nSPS) is 12.7. The topological polar surface area (TPSA) is 68.0 Å². The van der Waals surface area contributed by atoms with Crippen molar-refractivity contribution in [3.63, 3.8) is 0 Å². The Morgan fingerprint density at radius 2 is 2.05 bits per heavy atom. The SMILES string of the molecule is CNC(Cc1cncc2nnnn12)c1ccccc1. The molecule has 0 saturated heterocycles. The summed E-state index contributed by atoms with van der Waals surface area (Å²) in [7, 11) is 1.95. The average Bonchev–Trinajstić information content (AvgIpc) is 2.95. The first-order chi connectivity index (χ1) is 9.38. The minimum atomic E-state index is 0.206. The van der Waals surface area contributed by atoms with E-state index < -0.39 is 0 Å². The number of aromatic nitrogens is 5. The first kappa shape index (κ1) is 11.7. The third-order valence-corrected chi connectivity index (χ3v) is 3.14. The van der Waals surface area contributed by atoms with Crippen molar-refractivity contribution < 1.29 is 0 Å². The standard InChI is InChI=1S/C13H14N6/c1-14-12(10-5-3-2-4-6-10)7-11-8-15-9-13-16-17-18-19(11)13/h2-6,8-9,12,14H,7H2,1H3. The molecule has 0 saturated carbocycles. The van der Waals surface area contributed by atoms with Gasteiger partial charge < -0.3 is 5.32 Å². The van der Waals surface area contributed by atoms with E-state index in [1.54, 1.807) is 16.9 Å². The zero-order chi connectivity index (χ0) is 13.1. The Balaban J connectivity index is 1.93. The molecule has 3 aromatic rings. The summed E-state index contributed by atoms with van der Waals surface area (Å²) in [5.41, 5.74) is 2.88. The summed E-state index contributed by atoms with van der Waals surface area (Å²) in [6.07, 6.45) is 4.23. The first-order valence-corrected chi connectivity index (χ1v) is 6.11. The van der Waals surface area contributed by atoms with Crippen LogP contribution in [0.15, 0.2) is 42.7 Å². The summed E-state index contributed by atoms with van der Waals surface area (Å²) in [5.74, 6) is 0. The number of nitrogens with zero attached hydrogens (tertiary/aromatic N) is 5. The van der Waals surface area contributed by atoms with Crippen molar-refractivity contribution in [2.45, 2.75) is 12.5 Å². The van der Waals surface area contributed by atoms with Crippen molar-refractivity contribution in [1.29, 1.82) is 0 Å². The lowest BCUT2D eigenvalue weighted by atomic mass is 10.0. The molecular formula is C13H14N6. The molecule has 1 aromatic carbocycles. The van der Waals surface area contributed by atoms with Crippen LogP contribution < -0.4 is 5.32 Å². The molecule has 1 N–H and O–H groups in total. The second-order valence-electron chi connectivity index (χ2n) is 4.30. The van der Waals surface area contributed by atoms with Crippen LogP contribution in [0.2, 0.25) is 0 Å². The maximum atomic E-state index is 4.17. The molecule has 96 valence electrons. The van der Waals surface area contributed by atoms with Crippen molar-refractivity contribution in [2.24, 2.45) is 0 Å². The van der Waals surface area contributed by atoms with Crippen LogP contribution in [-0.4, -0.2) is 32.1 Å². The van der Waals surface area contributed by atoms with Crippen LogP contribution in [0.1, 0.15) is 17.3 Å². The lowest BCUT2D eigenvalue weighted by Crippen LogP contribution is -2.20. The minimum Gasteiger partial charge on any atom is -0.313 e. The Hall–Kier alpha value is -2.34. The van der Waals surface area contributed by atoms with Crippen molar-refractivity contribution in [1.82, 2.24) is 30.3 Å². The van der Waals surface area contributed by atoms with E-state index in [-0.39, 0.29) is 6.04 Å². The number of hydrogen-bond donors (Lipinski definition) is 1. The Morgan fingerprint density at radius 1 is 1.21 bits per heavy atom. The predicted molar refractivity (Wildman–Crippen MR) is 70.5 cm³/mol. The highest BCUT2D eigenvalue weighted by Crippen LogP contribution is 2.17. The van der Waals surface area contributed by atoms with E-state index >= 15 is 0 Å². The van der Waals surface area contributed by atoms with Gasteiger partial charge in [0, 0.05) is 18.7 Å². The molecule has 2 aromatic heterocycles. The van der Waals surface area contributed by atoms with Crippen LogP contribution in [0.25, 0.3) is 5.65 Å². The summed E-state index contributed by atoms with van der Waals surface area (Å²) in [6.45, 7) is 0. The molecule has 6 heteroatoms. The first-order valence-electron chi connectivity index (χ1n) is 6.11. The number of rotatable bonds is 4. The highest BCUT2D eigenvalue weighted by atomic mass is 15.5. The number of benzene rings is 1. The average molecular weight is 254 g/mol. The summed E-state index contributed by atoms with van der Waals surface area (Å²) in [5, 5.41) is 14.9. The quantitative estimate of drug-likeness (QED) is 0.753. The molecule has 0 aliphatic heterocycles. The van der Waals surface area contributed by atoms with Gasteiger partial charge >= 0.3 is 0 Å². The fourth-order valence-corrected chi connectivity index (χ4v) is 2.14. The lowest BCUT2D eigenvalue weighted by molar-refractivity contribution is 0.571. The second-order valence-corrected chi connectivity index (χ2v) is 4.30. The fourth-order valence-electron chi connectivity index (χ4n) is 2.14. The molecule has 3 rings (SSSR count). The zero-order valence-corrected chi connectivity index (χ0v) is 10.6. The molecular weight excluding hydrogens is 240 g/mol. The Labute approximate surface area is 110 Å². The van der Waals surface area contributed by atoms with Gasteiger partial charge in [-0.1, -0.05) is 30.3 Å². The molecule has 6 nitrogen and oxygen atoms in total. The Kier molecular flexibility index (Phi) is 3.16. The van der Waals surface area contributed by atoms with Crippen LogP contribution in [0.5, 0.6) is 0 Å². The van der Waals surface area contributed by atoms with Gasteiger partial charge in [0.2, 0.25) is 0 Å². The minimum absolute atomic E-state index is 0.206. The maximum absolute atomic E-state index is 4.17. The van der Waals surface area contributed by atoms with E-state index in [0.717, 1.165) is 12.1 Å². The third kappa shape index (κ3) is 2.30. The summed E-state index contributed by atoms with van der Waals surface area (Å²) < 4.78 is 1.72. The number of hydrogen-bond acceptors (Lipinski definition) is 5. The van der Waals surface area contributed by atoms with E-state index in [1.807, 2.05) is 25.2 Å². The smallest absolute Gasteiger partial charge is 0.197 e. The van der Waals surface area contributed by atoms with Gasteiger partial charge in [0.1, 0.15) is 0 Å². The Morgan fingerprint density at radius 3 is 2.84 bits per heavy atom. The van der Waals surface area contributed by atoms with Gasteiger partial charge in [0.25, 0.3) is 0 Å². The molecule has 0 bridgehead atoms. The van der Waals surface area contributed by atoms with Gasteiger partial charge in [-0.05, 0) is 23.0 Å². The molecule has 0 aliphatic rings. The lowest BCUT2D eigenvalue weighted by Gasteiger charge is -2.16. The van der Waals surface area contributed by atoms with Crippen LogP contribution in [0.3, 0.4) is 0 Å². The van der Waals surface area contributed by atoms with Crippen LogP contribution in [0.4, 0.5) is 0 Å². The van der Waals surface area contributed by atoms with E-state index in [0.29, 0.717) is 5.65 Å². The number of nitrogens with one attached hydrogen (secondary N) is 1. The van der Waals surface area contributed by atoms with Crippen molar-refractivity contribution in [3.05, 3.63) is 54.0 Å². The summed E-state index contributed by atoms with van der Waals surface area (Å²) in [4.78, 5) is 4.17. The molecule has 0 spiro atoms. The van der Waals surface area contributed by atoms with Crippen LogP contribution >= 0.6 is 0 Å². The highest BCUT2D eigenvalue weighted by Gasteiger charge is 2.13. The zero-order valence-electron chi connectivity index (χ0n) is 10.6. The molecule has 0 aliphatic carbocycles. The van der Waals surface area contributed by atoms with Gasteiger partial charge in [0.15, 0.2) is 5.65 Å². The van der Waals surface area contributed by atoms with E-state index in [9.17, 15) is 0 Å². The molecule has 0 fully saturated rings.